The number of allylic oxidation sites excluding steroid dienone is 5. The molecule has 31 heavy (non-hydrogen) atoms. The van der Waals surface area contributed by atoms with Crippen molar-refractivity contribution in [1.29, 1.82) is 0 Å². The van der Waals surface area contributed by atoms with Gasteiger partial charge in [-0.15, -0.1) is 11.3 Å². The number of halogens is 1. The zero-order chi connectivity index (χ0) is 22.1. The molecule has 1 N–H and O–H groups in total. The van der Waals surface area contributed by atoms with Crippen LogP contribution in [0.4, 0.5) is 0 Å². The highest BCUT2D eigenvalue weighted by molar-refractivity contribution is 7.17. The first kappa shape index (κ1) is 21.6. The van der Waals surface area contributed by atoms with Gasteiger partial charge in [-0.25, -0.2) is 0 Å². The molecule has 0 saturated carbocycles. The summed E-state index contributed by atoms with van der Waals surface area (Å²) in [6.07, 6.45) is 7.03. The maximum atomic E-state index is 12.2. The fourth-order valence-electron chi connectivity index (χ4n) is 3.92. The molecule has 1 aliphatic heterocycles. The van der Waals surface area contributed by atoms with Gasteiger partial charge in [0.05, 0.1) is 16.4 Å². The van der Waals surface area contributed by atoms with E-state index < -0.39 is 0 Å². The fourth-order valence-corrected chi connectivity index (χ4v) is 5.09. The summed E-state index contributed by atoms with van der Waals surface area (Å²) < 4.78 is 5.99. The number of rotatable bonds is 6. The quantitative estimate of drug-likeness (QED) is 0.436. The van der Waals surface area contributed by atoms with Gasteiger partial charge in [0.15, 0.2) is 5.78 Å². The maximum absolute atomic E-state index is 12.2. The average molecular weight is 454 g/mol. The molecule has 2 heterocycles. The van der Waals surface area contributed by atoms with Crippen LogP contribution >= 0.6 is 22.9 Å². The van der Waals surface area contributed by atoms with E-state index in [2.05, 4.69) is 31.3 Å². The van der Waals surface area contributed by atoms with Gasteiger partial charge in [-0.05, 0) is 68.7 Å². The number of carbonyl (C=O) groups excluding carboxylic acids is 2. The molecule has 1 unspecified atom stereocenters. The minimum absolute atomic E-state index is 0.0576. The van der Waals surface area contributed by atoms with Crippen molar-refractivity contribution in [3.8, 4) is 16.2 Å². The second kappa shape index (κ2) is 8.85. The van der Waals surface area contributed by atoms with Gasteiger partial charge in [0, 0.05) is 22.9 Å². The first-order valence-electron chi connectivity index (χ1n) is 10.2. The molecule has 0 fully saturated rings. The van der Waals surface area contributed by atoms with Crippen LogP contribution in [0.5, 0.6) is 5.75 Å². The molecule has 0 bridgehead atoms. The molecule has 2 aromatic rings. The van der Waals surface area contributed by atoms with E-state index in [0.29, 0.717) is 23.7 Å². The Morgan fingerprint density at radius 1 is 1.29 bits per heavy atom. The van der Waals surface area contributed by atoms with Crippen LogP contribution in [0.3, 0.4) is 0 Å². The van der Waals surface area contributed by atoms with Crippen molar-refractivity contribution in [2.24, 2.45) is 0 Å². The van der Waals surface area contributed by atoms with Crippen molar-refractivity contribution in [3.05, 3.63) is 74.7 Å². The Balaban J connectivity index is 1.38. The number of nitrogens with one attached hydrogen (secondary N) is 1. The Hall–Kier alpha value is -2.63. The van der Waals surface area contributed by atoms with Gasteiger partial charge in [-0.3, -0.25) is 9.59 Å². The Kier molecular flexibility index (Phi) is 6.17. The second-order valence-corrected chi connectivity index (χ2v) is 9.58. The van der Waals surface area contributed by atoms with Gasteiger partial charge in [0.25, 0.3) is 0 Å². The Labute approximate surface area is 191 Å². The highest BCUT2D eigenvalue weighted by atomic mass is 35.5. The van der Waals surface area contributed by atoms with Gasteiger partial charge in [-0.1, -0.05) is 28.8 Å². The molecular weight excluding hydrogens is 430 g/mol. The smallest absolute Gasteiger partial charge is 0.244 e. The first-order valence-corrected chi connectivity index (χ1v) is 11.4. The van der Waals surface area contributed by atoms with Crippen LogP contribution in [-0.2, 0) is 11.2 Å². The lowest BCUT2D eigenvalue weighted by atomic mass is 10.1. The average Bonchev–Trinajstić information content (AvgIpc) is 3.43. The summed E-state index contributed by atoms with van der Waals surface area (Å²) in [6.45, 7) is 6.15. The summed E-state index contributed by atoms with van der Waals surface area (Å²) in [6, 6.07) is 7.71. The molecule has 2 aliphatic rings. The lowest BCUT2D eigenvalue weighted by Gasteiger charge is -2.11. The maximum Gasteiger partial charge on any atom is 0.244 e. The van der Waals surface area contributed by atoms with E-state index in [1.165, 1.54) is 22.5 Å². The Morgan fingerprint density at radius 3 is 2.77 bits per heavy atom. The van der Waals surface area contributed by atoms with Crippen LogP contribution in [0.2, 0.25) is 5.02 Å². The highest BCUT2D eigenvalue weighted by Gasteiger charge is 2.26. The number of ether oxygens (including phenoxy) is 1. The summed E-state index contributed by atoms with van der Waals surface area (Å²) in [5.41, 5.74) is 5.69. The van der Waals surface area contributed by atoms with E-state index in [9.17, 15) is 9.59 Å². The highest BCUT2D eigenvalue weighted by Crippen LogP contribution is 2.41. The zero-order valence-electron chi connectivity index (χ0n) is 17.8. The summed E-state index contributed by atoms with van der Waals surface area (Å²) >= 11 is 7.93. The molecule has 1 aromatic heterocycles. The summed E-state index contributed by atoms with van der Waals surface area (Å²) in [7, 11) is 0. The summed E-state index contributed by atoms with van der Waals surface area (Å²) in [5, 5.41) is 3.46. The molecule has 1 atom stereocenters. The normalized spacial score (nSPS) is 17.7. The molecular formula is C25H24ClNO3S. The molecule has 4 rings (SSSR count). The number of fused-ring (bicyclic) bond motifs is 1. The van der Waals surface area contributed by atoms with Gasteiger partial charge in [-0.2, -0.15) is 0 Å². The van der Waals surface area contributed by atoms with Gasteiger partial charge in [0.2, 0.25) is 5.91 Å². The minimum Gasteiger partial charge on any atom is -0.486 e. The van der Waals surface area contributed by atoms with Crippen molar-refractivity contribution in [3.63, 3.8) is 0 Å². The minimum atomic E-state index is -0.161. The van der Waals surface area contributed by atoms with E-state index in [1.54, 1.807) is 13.0 Å². The fraction of sp³-hybridized carbons (Fsp3) is 0.280. The number of hydrogen-bond donors (Lipinski definition) is 1. The topological polar surface area (TPSA) is 55.4 Å². The van der Waals surface area contributed by atoms with Crippen LogP contribution < -0.4 is 10.1 Å². The van der Waals surface area contributed by atoms with Crippen LogP contribution in [0.15, 0.2) is 59.2 Å². The lowest BCUT2D eigenvalue weighted by Crippen LogP contribution is -2.33. The van der Waals surface area contributed by atoms with E-state index in [0.717, 1.165) is 32.9 Å². The summed E-state index contributed by atoms with van der Waals surface area (Å²) in [4.78, 5) is 25.5. The third-order valence-corrected chi connectivity index (χ3v) is 6.96. The summed E-state index contributed by atoms with van der Waals surface area (Å²) in [5.74, 6) is 0.595. The number of carbonyl (C=O) groups is 2. The van der Waals surface area contributed by atoms with Crippen molar-refractivity contribution in [2.75, 3.05) is 6.54 Å². The molecule has 160 valence electrons. The molecule has 4 nitrogen and oxygen atoms in total. The second-order valence-electron chi connectivity index (χ2n) is 8.09. The van der Waals surface area contributed by atoms with Gasteiger partial charge >= 0.3 is 0 Å². The number of ketones is 1. The largest absolute Gasteiger partial charge is 0.486 e. The number of benzene rings is 1. The van der Waals surface area contributed by atoms with E-state index in [-0.39, 0.29) is 17.8 Å². The van der Waals surface area contributed by atoms with E-state index >= 15 is 0 Å². The van der Waals surface area contributed by atoms with Gasteiger partial charge in [0.1, 0.15) is 11.9 Å². The number of Topliss-reactive ketones (excluding diaryl/α,β-unsaturated/α-hetero) is 1. The standard InChI is InChI=1S/C25H24ClNO3S/c1-14-8-15(2)17(9-14)4-7-24(29)27-13-20-11-19-10-18(12-21(26)25(19)30-20)23-6-5-22(31-23)16(3)28/h4-7,9-10,12,20H,8,11,13H2,1-3H3,(H,27,29)/b7-4+. The number of thiophene rings is 1. The third-order valence-electron chi connectivity index (χ3n) is 5.45. The van der Waals surface area contributed by atoms with Crippen LogP contribution in [-0.4, -0.2) is 24.3 Å². The molecule has 0 saturated heterocycles. The van der Waals surface area contributed by atoms with E-state index in [1.807, 2.05) is 24.3 Å². The zero-order valence-corrected chi connectivity index (χ0v) is 19.3. The third kappa shape index (κ3) is 4.83. The lowest BCUT2D eigenvalue weighted by molar-refractivity contribution is -0.116. The molecule has 1 aromatic carbocycles. The van der Waals surface area contributed by atoms with Crippen LogP contribution in [0, 0.1) is 0 Å². The predicted molar refractivity (Wildman–Crippen MR) is 126 cm³/mol. The number of hydrogen-bond acceptors (Lipinski definition) is 4. The number of amides is 1. The predicted octanol–water partition coefficient (Wildman–Crippen LogP) is 5.91. The van der Waals surface area contributed by atoms with Crippen molar-refractivity contribution >= 4 is 34.6 Å². The van der Waals surface area contributed by atoms with Crippen molar-refractivity contribution < 1.29 is 14.3 Å². The molecule has 1 amide bonds. The Bertz CT molecular complexity index is 1160. The molecule has 0 spiro atoms. The SMILES string of the molecule is CC(=O)c1ccc(-c2cc(Cl)c3c(c2)CC(CNC(=O)/C=C/C2=C(C)CC(C)=C2)O3)s1. The molecule has 0 radical (unpaired) electrons. The first-order chi connectivity index (χ1) is 14.8. The van der Waals surface area contributed by atoms with E-state index in [4.69, 9.17) is 16.3 Å². The van der Waals surface area contributed by atoms with Crippen molar-refractivity contribution in [2.45, 2.75) is 39.7 Å². The van der Waals surface area contributed by atoms with Crippen LogP contribution in [0.25, 0.3) is 10.4 Å². The molecule has 6 heteroatoms. The van der Waals surface area contributed by atoms with Gasteiger partial charge < -0.3 is 10.1 Å². The monoisotopic (exact) mass is 453 g/mol. The van der Waals surface area contributed by atoms with Crippen molar-refractivity contribution in [1.82, 2.24) is 5.32 Å². The Morgan fingerprint density at radius 2 is 2.10 bits per heavy atom. The van der Waals surface area contributed by atoms with Crippen LogP contribution in [0.1, 0.15) is 42.4 Å². The molecule has 1 aliphatic carbocycles.